The highest BCUT2D eigenvalue weighted by molar-refractivity contribution is 7.98. The van der Waals surface area contributed by atoms with Crippen molar-refractivity contribution in [3.8, 4) is 0 Å². The van der Waals surface area contributed by atoms with E-state index in [1.807, 2.05) is 66.5 Å². The first-order chi connectivity index (χ1) is 13.5. The number of hydrogen-bond donors (Lipinski definition) is 2. The standard InChI is InChI=1S/C21H26N4O2S/c1-24(2)19-11-8-16(14-18(19)20(26)25-12-4-5-13-25)23-21(27)22-15-6-9-17(28-3)10-7-15/h6-11,14H,4-5,12-13H2,1-3H3,(H2,22,23,27). The van der Waals surface area contributed by atoms with Crippen LogP contribution in [0.1, 0.15) is 23.2 Å². The van der Waals surface area contributed by atoms with E-state index in [9.17, 15) is 9.59 Å². The van der Waals surface area contributed by atoms with Crippen molar-refractivity contribution in [2.24, 2.45) is 0 Å². The highest BCUT2D eigenvalue weighted by Crippen LogP contribution is 2.26. The van der Waals surface area contributed by atoms with Crippen LogP contribution in [0.2, 0.25) is 0 Å². The molecule has 0 saturated carbocycles. The van der Waals surface area contributed by atoms with Crippen LogP contribution in [-0.2, 0) is 0 Å². The second-order valence-corrected chi connectivity index (χ2v) is 7.81. The molecule has 0 aliphatic carbocycles. The molecular weight excluding hydrogens is 372 g/mol. The van der Waals surface area contributed by atoms with Gasteiger partial charge in [-0.25, -0.2) is 4.79 Å². The second kappa shape index (κ2) is 9.01. The topological polar surface area (TPSA) is 64.7 Å². The van der Waals surface area contributed by atoms with E-state index in [2.05, 4.69) is 10.6 Å². The van der Waals surface area contributed by atoms with E-state index >= 15 is 0 Å². The third-order valence-corrected chi connectivity index (χ3v) is 5.45. The molecule has 7 heteroatoms. The Hall–Kier alpha value is -2.67. The van der Waals surface area contributed by atoms with Crippen molar-refractivity contribution in [1.82, 2.24) is 4.90 Å². The Kier molecular flexibility index (Phi) is 6.46. The van der Waals surface area contributed by atoms with Crippen molar-refractivity contribution in [2.75, 3.05) is 49.0 Å². The third-order valence-electron chi connectivity index (χ3n) is 4.71. The minimum atomic E-state index is -0.339. The normalized spacial score (nSPS) is 13.3. The number of thioether (sulfide) groups is 1. The van der Waals surface area contributed by atoms with Gasteiger partial charge in [0.2, 0.25) is 0 Å². The SMILES string of the molecule is CSc1ccc(NC(=O)Nc2ccc(N(C)C)c(C(=O)N3CCCC3)c2)cc1. The van der Waals surface area contributed by atoms with Gasteiger partial charge in [0.1, 0.15) is 0 Å². The van der Waals surface area contributed by atoms with Gasteiger partial charge in [0.15, 0.2) is 0 Å². The van der Waals surface area contributed by atoms with Crippen LogP contribution in [0.4, 0.5) is 21.9 Å². The van der Waals surface area contributed by atoms with E-state index in [-0.39, 0.29) is 11.9 Å². The number of benzene rings is 2. The minimum absolute atomic E-state index is 0.0120. The first kappa shape index (κ1) is 20.1. The second-order valence-electron chi connectivity index (χ2n) is 6.93. The molecule has 0 atom stereocenters. The Morgan fingerprint density at radius 1 is 0.964 bits per heavy atom. The fourth-order valence-corrected chi connectivity index (χ4v) is 3.64. The van der Waals surface area contributed by atoms with E-state index in [0.29, 0.717) is 16.9 Å². The zero-order chi connectivity index (χ0) is 20.1. The average molecular weight is 399 g/mol. The van der Waals surface area contributed by atoms with Gasteiger partial charge in [-0.15, -0.1) is 11.8 Å². The lowest BCUT2D eigenvalue weighted by Gasteiger charge is -2.22. The molecule has 6 nitrogen and oxygen atoms in total. The first-order valence-corrected chi connectivity index (χ1v) is 10.5. The molecule has 0 radical (unpaired) electrons. The molecule has 2 aromatic carbocycles. The third kappa shape index (κ3) is 4.78. The molecule has 1 fully saturated rings. The summed E-state index contributed by atoms with van der Waals surface area (Å²) in [5.74, 6) is 0.0120. The van der Waals surface area contributed by atoms with Gasteiger partial charge in [0, 0.05) is 49.1 Å². The van der Waals surface area contributed by atoms with Crippen LogP contribution < -0.4 is 15.5 Å². The van der Waals surface area contributed by atoms with Crippen LogP contribution in [-0.4, -0.2) is 50.3 Å². The van der Waals surface area contributed by atoms with Crippen LogP contribution in [0.15, 0.2) is 47.4 Å². The summed E-state index contributed by atoms with van der Waals surface area (Å²) >= 11 is 1.65. The van der Waals surface area contributed by atoms with Crippen LogP contribution >= 0.6 is 11.8 Å². The number of carbonyl (C=O) groups is 2. The van der Waals surface area contributed by atoms with Gasteiger partial charge in [-0.05, 0) is 61.6 Å². The predicted molar refractivity (Wildman–Crippen MR) is 117 cm³/mol. The van der Waals surface area contributed by atoms with Gasteiger partial charge in [-0.1, -0.05) is 0 Å². The van der Waals surface area contributed by atoms with Crippen molar-refractivity contribution in [2.45, 2.75) is 17.7 Å². The maximum absolute atomic E-state index is 12.9. The fourth-order valence-electron chi connectivity index (χ4n) is 3.23. The molecule has 3 amide bonds. The lowest BCUT2D eigenvalue weighted by atomic mass is 10.1. The van der Waals surface area contributed by atoms with Crippen LogP contribution in [0.3, 0.4) is 0 Å². The Morgan fingerprint density at radius 3 is 2.18 bits per heavy atom. The Bertz CT molecular complexity index is 846. The number of hydrogen-bond acceptors (Lipinski definition) is 4. The quantitative estimate of drug-likeness (QED) is 0.735. The maximum Gasteiger partial charge on any atom is 0.323 e. The molecule has 1 aliphatic heterocycles. The highest BCUT2D eigenvalue weighted by atomic mass is 32.2. The molecule has 0 bridgehead atoms. The first-order valence-electron chi connectivity index (χ1n) is 9.30. The van der Waals surface area contributed by atoms with Gasteiger partial charge in [0.25, 0.3) is 5.91 Å². The molecule has 0 aromatic heterocycles. The molecule has 2 aromatic rings. The summed E-state index contributed by atoms with van der Waals surface area (Å²) in [6, 6.07) is 12.7. The van der Waals surface area contributed by atoms with Gasteiger partial charge >= 0.3 is 6.03 Å². The van der Waals surface area contributed by atoms with E-state index in [1.165, 1.54) is 0 Å². The maximum atomic E-state index is 12.9. The summed E-state index contributed by atoms with van der Waals surface area (Å²) in [4.78, 5) is 30.2. The molecule has 148 valence electrons. The monoisotopic (exact) mass is 398 g/mol. The van der Waals surface area contributed by atoms with E-state index in [1.54, 1.807) is 17.8 Å². The van der Waals surface area contributed by atoms with Crippen LogP contribution in [0.25, 0.3) is 0 Å². The van der Waals surface area contributed by atoms with Gasteiger partial charge in [-0.2, -0.15) is 0 Å². The van der Waals surface area contributed by atoms with Crippen molar-refractivity contribution in [1.29, 1.82) is 0 Å². The Labute approximate surface area is 170 Å². The van der Waals surface area contributed by atoms with Crippen molar-refractivity contribution >= 4 is 40.8 Å². The summed E-state index contributed by atoms with van der Waals surface area (Å²) in [7, 11) is 3.82. The molecule has 1 aliphatic rings. The summed E-state index contributed by atoms with van der Waals surface area (Å²) in [6.45, 7) is 1.58. The Balaban J connectivity index is 1.74. The molecular formula is C21H26N4O2S. The zero-order valence-electron chi connectivity index (χ0n) is 16.5. The number of amides is 3. The van der Waals surface area contributed by atoms with Crippen LogP contribution in [0.5, 0.6) is 0 Å². The molecule has 1 saturated heterocycles. The van der Waals surface area contributed by atoms with E-state index < -0.39 is 0 Å². The molecule has 28 heavy (non-hydrogen) atoms. The molecule has 1 heterocycles. The average Bonchev–Trinajstić information content (AvgIpc) is 3.22. The molecule has 0 unspecified atom stereocenters. The lowest BCUT2D eigenvalue weighted by Crippen LogP contribution is -2.29. The zero-order valence-corrected chi connectivity index (χ0v) is 17.3. The number of anilines is 3. The Morgan fingerprint density at radius 2 is 1.57 bits per heavy atom. The number of carbonyl (C=O) groups excluding carboxylic acids is 2. The summed E-state index contributed by atoms with van der Waals surface area (Å²) in [5, 5.41) is 5.64. The van der Waals surface area contributed by atoms with Crippen molar-refractivity contribution in [3.05, 3.63) is 48.0 Å². The smallest absolute Gasteiger partial charge is 0.323 e. The molecule has 0 spiro atoms. The van der Waals surface area contributed by atoms with E-state index in [4.69, 9.17) is 0 Å². The fraction of sp³-hybridized carbons (Fsp3) is 0.333. The highest BCUT2D eigenvalue weighted by Gasteiger charge is 2.23. The number of likely N-dealkylation sites (tertiary alicyclic amines) is 1. The summed E-state index contributed by atoms with van der Waals surface area (Å²) in [6.07, 6.45) is 4.09. The summed E-state index contributed by atoms with van der Waals surface area (Å²) in [5.41, 5.74) is 2.75. The van der Waals surface area contributed by atoms with Gasteiger partial charge in [0.05, 0.1) is 5.56 Å². The molecule has 3 rings (SSSR count). The minimum Gasteiger partial charge on any atom is -0.377 e. The lowest BCUT2D eigenvalue weighted by molar-refractivity contribution is 0.0793. The number of rotatable bonds is 5. The van der Waals surface area contributed by atoms with Crippen molar-refractivity contribution < 1.29 is 9.59 Å². The van der Waals surface area contributed by atoms with Crippen LogP contribution in [0, 0.1) is 0 Å². The largest absolute Gasteiger partial charge is 0.377 e. The van der Waals surface area contributed by atoms with Crippen molar-refractivity contribution in [3.63, 3.8) is 0 Å². The number of nitrogens with one attached hydrogen (secondary N) is 2. The predicted octanol–water partition coefficient (Wildman–Crippen LogP) is 4.35. The van der Waals surface area contributed by atoms with Gasteiger partial charge < -0.3 is 20.4 Å². The number of nitrogens with zero attached hydrogens (tertiary/aromatic N) is 2. The summed E-state index contributed by atoms with van der Waals surface area (Å²) < 4.78 is 0. The van der Waals surface area contributed by atoms with E-state index in [0.717, 1.165) is 36.5 Å². The van der Waals surface area contributed by atoms with Gasteiger partial charge in [-0.3, -0.25) is 4.79 Å². The molecule has 2 N–H and O–H groups in total. The number of urea groups is 1.